The number of anilines is 1. The fourth-order valence-corrected chi connectivity index (χ4v) is 2.71. The van der Waals surface area contributed by atoms with Crippen molar-refractivity contribution >= 4 is 5.69 Å². The Morgan fingerprint density at radius 2 is 1.71 bits per heavy atom. The molecule has 1 fully saturated rings. The lowest BCUT2D eigenvalue weighted by Crippen LogP contribution is -2.15. The van der Waals surface area contributed by atoms with E-state index in [0.29, 0.717) is 6.42 Å². The Bertz CT molecular complexity index is 636. The maximum atomic E-state index is 8.91. The van der Waals surface area contributed by atoms with Crippen molar-refractivity contribution < 1.29 is 0 Å². The molecular formula is C19H20N2. The molecule has 2 heteroatoms. The van der Waals surface area contributed by atoms with Crippen LogP contribution in [0.4, 0.5) is 5.69 Å². The molecule has 0 unspecified atom stereocenters. The third-order valence-corrected chi connectivity index (χ3v) is 4.32. The van der Waals surface area contributed by atoms with Crippen molar-refractivity contribution in [2.75, 3.05) is 11.9 Å². The number of nitrogens with one attached hydrogen (secondary N) is 1. The van der Waals surface area contributed by atoms with Crippen LogP contribution in [0.5, 0.6) is 0 Å². The van der Waals surface area contributed by atoms with Gasteiger partial charge in [-0.15, -0.1) is 0 Å². The number of nitrogens with zero attached hydrogens (tertiary/aromatic N) is 1. The number of hydrogen-bond acceptors (Lipinski definition) is 2. The van der Waals surface area contributed by atoms with Gasteiger partial charge in [0, 0.05) is 24.1 Å². The first kappa shape index (κ1) is 13.7. The molecule has 2 nitrogen and oxygen atoms in total. The third kappa shape index (κ3) is 3.44. The second kappa shape index (κ2) is 6.01. The molecule has 21 heavy (non-hydrogen) atoms. The zero-order valence-corrected chi connectivity index (χ0v) is 12.2. The Hall–Kier alpha value is -2.27. The lowest BCUT2D eigenvalue weighted by Gasteiger charge is -2.16. The molecule has 0 atom stereocenters. The highest BCUT2D eigenvalue weighted by molar-refractivity contribution is 5.53. The number of para-hydroxylation sites is 1. The summed E-state index contributed by atoms with van der Waals surface area (Å²) in [6, 6.07) is 21.3. The summed E-state index contributed by atoms with van der Waals surface area (Å²) in [4.78, 5) is 0. The second-order valence-electron chi connectivity index (χ2n) is 6.01. The standard InChI is InChI=1S/C19H20N2/c20-13-12-19(10-11-19)15-21-18-9-5-4-8-17(18)14-16-6-2-1-3-7-16/h1-9,21H,10-12,14-15H2. The summed E-state index contributed by atoms with van der Waals surface area (Å²) in [7, 11) is 0. The Kier molecular flexibility index (Phi) is 3.92. The predicted molar refractivity (Wildman–Crippen MR) is 86.1 cm³/mol. The predicted octanol–water partition coefficient (Wildman–Crippen LogP) is 4.38. The van der Waals surface area contributed by atoms with E-state index < -0.39 is 0 Å². The lowest BCUT2D eigenvalue weighted by atomic mass is 10.0. The highest BCUT2D eigenvalue weighted by Crippen LogP contribution is 2.48. The molecule has 0 spiro atoms. The normalized spacial score (nSPS) is 15.2. The summed E-state index contributed by atoms with van der Waals surface area (Å²) >= 11 is 0. The zero-order valence-electron chi connectivity index (χ0n) is 12.2. The summed E-state index contributed by atoms with van der Waals surface area (Å²) in [6.07, 6.45) is 3.96. The number of rotatable bonds is 6. The minimum atomic E-state index is 0.231. The third-order valence-electron chi connectivity index (χ3n) is 4.32. The van der Waals surface area contributed by atoms with Gasteiger partial charge in [0.05, 0.1) is 6.07 Å². The first-order valence-corrected chi connectivity index (χ1v) is 7.54. The fourth-order valence-electron chi connectivity index (χ4n) is 2.71. The molecule has 0 amide bonds. The molecule has 0 aliphatic heterocycles. The Morgan fingerprint density at radius 3 is 2.43 bits per heavy atom. The van der Waals surface area contributed by atoms with Crippen molar-refractivity contribution in [1.29, 1.82) is 5.26 Å². The van der Waals surface area contributed by atoms with E-state index in [-0.39, 0.29) is 5.41 Å². The average Bonchev–Trinajstić information content (AvgIpc) is 3.28. The van der Waals surface area contributed by atoms with Gasteiger partial charge >= 0.3 is 0 Å². The molecule has 2 aromatic rings. The smallest absolute Gasteiger partial charge is 0.0628 e. The van der Waals surface area contributed by atoms with Crippen LogP contribution in [0.25, 0.3) is 0 Å². The molecular weight excluding hydrogens is 256 g/mol. The summed E-state index contributed by atoms with van der Waals surface area (Å²) < 4.78 is 0. The molecule has 1 N–H and O–H groups in total. The van der Waals surface area contributed by atoms with E-state index in [4.69, 9.17) is 5.26 Å². The molecule has 106 valence electrons. The van der Waals surface area contributed by atoms with Crippen LogP contribution < -0.4 is 5.32 Å². The Morgan fingerprint density at radius 1 is 1.00 bits per heavy atom. The molecule has 0 saturated heterocycles. The van der Waals surface area contributed by atoms with Crippen molar-refractivity contribution in [3.05, 3.63) is 65.7 Å². The number of nitriles is 1. The van der Waals surface area contributed by atoms with Gasteiger partial charge in [-0.25, -0.2) is 0 Å². The largest absolute Gasteiger partial charge is 0.384 e. The van der Waals surface area contributed by atoms with Crippen LogP contribution in [0.3, 0.4) is 0 Å². The van der Waals surface area contributed by atoms with Crippen LogP contribution >= 0.6 is 0 Å². The van der Waals surface area contributed by atoms with E-state index in [1.165, 1.54) is 29.7 Å². The SMILES string of the molecule is N#CCC1(CNc2ccccc2Cc2ccccc2)CC1. The summed E-state index contributed by atoms with van der Waals surface area (Å²) in [5.74, 6) is 0. The fraction of sp³-hybridized carbons (Fsp3) is 0.316. The maximum Gasteiger partial charge on any atom is 0.0628 e. The van der Waals surface area contributed by atoms with Crippen LogP contribution in [-0.4, -0.2) is 6.54 Å². The molecule has 0 bridgehead atoms. The molecule has 1 aliphatic carbocycles. The van der Waals surface area contributed by atoms with Gasteiger partial charge in [0.2, 0.25) is 0 Å². The minimum absolute atomic E-state index is 0.231. The maximum absolute atomic E-state index is 8.91. The van der Waals surface area contributed by atoms with Crippen LogP contribution in [0.2, 0.25) is 0 Å². The van der Waals surface area contributed by atoms with E-state index in [9.17, 15) is 0 Å². The van der Waals surface area contributed by atoms with Gasteiger partial charge in [0.15, 0.2) is 0 Å². The van der Waals surface area contributed by atoms with Crippen LogP contribution in [0.15, 0.2) is 54.6 Å². The van der Waals surface area contributed by atoms with E-state index in [2.05, 4.69) is 59.9 Å². The van der Waals surface area contributed by atoms with Gasteiger partial charge in [0.1, 0.15) is 0 Å². The first-order valence-electron chi connectivity index (χ1n) is 7.54. The molecule has 1 saturated carbocycles. The van der Waals surface area contributed by atoms with Crippen molar-refractivity contribution in [3.8, 4) is 6.07 Å². The number of hydrogen-bond donors (Lipinski definition) is 1. The van der Waals surface area contributed by atoms with E-state index in [1.54, 1.807) is 0 Å². The summed E-state index contributed by atoms with van der Waals surface area (Å²) in [5.41, 5.74) is 4.07. The highest BCUT2D eigenvalue weighted by Gasteiger charge is 2.42. The minimum Gasteiger partial charge on any atom is -0.384 e. The molecule has 0 aromatic heterocycles. The quantitative estimate of drug-likeness (QED) is 0.849. The van der Waals surface area contributed by atoms with E-state index >= 15 is 0 Å². The van der Waals surface area contributed by atoms with Crippen molar-refractivity contribution in [2.45, 2.75) is 25.7 Å². The van der Waals surface area contributed by atoms with Gasteiger partial charge in [-0.05, 0) is 36.5 Å². The summed E-state index contributed by atoms with van der Waals surface area (Å²) in [5, 5.41) is 12.5. The molecule has 2 aromatic carbocycles. The zero-order chi connectivity index (χ0) is 14.5. The Labute approximate surface area is 126 Å². The van der Waals surface area contributed by atoms with Crippen molar-refractivity contribution in [3.63, 3.8) is 0 Å². The number of benzene rings is 2. The lowest BCUT2D eigenvalue weighted by molar-refractivity contribution is 0.557. The van der Waals surface area contributed by atoms with Crippen LogP contribution in [-0.2, 0) is 6.42 Å². The summed E-state index contributed by atoms with van der Waals surface area (Å²) in [6.45, 7) is 0.909. The van der Waals surface area contributed by atoms with Crippen molar-refractivity contribution in [1.82, 2.24) is 0 Å². The molecule has 0 heterocycles. The van der Waals surface area contributed by atoms with Gasteiger partial charge in [-0.3, -0.25) is 0 Å². The van der Waals surface area contributed by atoms with Crippen molar-refractivity contribution in [2.24, 2.45) is 5.41 Å². The topological polar surface area (TPSA) is 35.8 Å². The molecule has 0 radical (unpaired) electrons. The van der Waals surface area contributed by atoms with E-state index in [0.717, 1.165) is 13.0 Å². The average molecular weight is 276 g/mol. The van der Waals surface area contributed by atoms with Gasteiger partial charge < -0.3 is 5.32 Å². The Balaban J connectivity index is 1.70. The molecule has 3 rings (SSSR count). The highest BCUT2D eigenvalue weighted by atomic mass is 14.9. The van der Waals surface area contributed by atoms with Gasteiger partial charge in [0.25, 0.3) is 0 Å². The second-order valence-corrected chi connectivity index (χ2v) is 6.01. The molecule has 1 aliphatic rings. The van der Waals surface area contributed by atoms with Gasteiger partial charge in [-0.2, -0.15) is 5.26 Å². The van der Waals surface area contributed by atoms with Crippen LogP contribution in [0.1, 0.15) is 30.4 Å². The van der Waals surface area contributed by atoms with Crippen LogP contribution in [0, 0.1) is 16.7 Å². The monoisotopic (exact) mass is 276 g/mol. The van der Waals surface area contributed by atoms with Gasteiger partial charge in [-0.1, -0.05) is 48.5 Å². The first-order chi connectivity index (χ1) is 10.3. The van der Waals surface area contributed by atoms with E-state index in [1.807, 2.05) is 6.07 Å².